The average molecular weight is 1200 g/mol. The van der Waals surface area contributed by atoms with Crippen LogP contribution in [0.1, 0.15) is 105 Å². The zero-order valence-electron chi connectivity index (χ0n) is 68.7. The Kier molecular flexibility index (Phi) is 16.1. The molecule has 4 aromatic heterocycles. The number of hydrogen-bond donors (Lipinski definition) is 0. The van der Waals surface area contributed by atoms with Gasteiger partial charge in [0.2, 0.25) is 22.8 Å². The zero-order valence-corrected chi connectivity index (χ0v) is 53.7. The summed E-state index contributed by atoms with van der Waals surface area (Å²) in [6.07, 6.45) is 4.34. The van der Waals surface area contributed by atoms with E-state index in [1.807, 2.05) is 167 Å². The van der Waals surface area contributed by atoms with E-state index in [4.69, 9.17) is 20.6 Å². The number of hydrogen-bond acceptors (Lipinski definition) is 0. The fourth-order valence-electron chi connectivity index (χ4n) is 11.0. The first-order valence-electron chi connectivity index (χ1n) is 37.9. The second kappa shape index (κ2) is 30.5. The molecule has 0 aliphatic rings. The summed E-state index contributed by atoms with van der Waals surface area (Å²) in [4.78, 5) is 0. The van der Waals surface area contributed by atoms with Crippen molar-refractivity contribution >= 4 is 0 Å². The van der Waals surface area contributed by atoms with Crippen LogP contribution in [0.4, 0.5) is 0 Å². The molecule has 2 atom stereocenters. The lowest BCUT2D eigenvalue weighted by molar-refractivity contribution is -0.660. The van der Waals surface area contributed by atoms with Gasteiger partial charge in [-0.1, -0.05) is 210 Å². The Balaban J connectivity index is 0.000000163. The normalized spacial score (nSPS) is 15.3. The zero-order chi connectivity index (χ0) is 76.8. The van der Waals surface area contributed by atoms with Crippen LogP contribution in [0.3, 0.4) is 0 Å². The maximum absolute atomic E-state index is 8.44. The van der Waals surface area contributed by atoms with Gasteiger partial charge in [0.1, 0.15) is 28.2 Å². The molecule has 90 heavy (non-hydrogen) atoms. The molecule has 0 bridgehead atoms. The molecule has 0 fully saturated rings. The van der Waals surface area contributed by atoms with Crippen molar-refractivity contribution < 1.29 is 38.8 Å². The Morgan fingerprint density at radius 3 is 1.06 bits per heavy atom. The average Bonchev–Trinajstić information content (AvgIpc) is 0.753. The molecule has 452 valence electrons. The Morgan fingerprint density at radius 1 is 0.356 bits per heavy atom. The summed E-state index contributed by atoms with van der Waals surface area (Å²) in [7, 11) is 8.05. The minimum atomic E-state index is -2.76. The second-order valence-corrected chi connectivity index (χ2v) is 22.9. The fourth-order valence-corrected chi connectivity index (χ4v) is 11.0. The van der Waals surface area contributed by atoms with E-state index in [-0.39, 0.29) is 5.56 Å². The number of pyridine rings is 4. The van der Waals surface area contributed by atoms with E-state index in [9.17, 15) is 0 Å². The summed E-state index contributed by atoms with van der Waals surface area (Å²) >= 11 is 0. The molecule has 12 rings (SSSR count). The Hall–Kier alpha value is -9.64. The highest BCUT2D eigenvalue weighted by molar-refractivity contribution is 5.74. The predicted molar refractivity (Wildman–Crippen MR) is 380 cm³/mol. The molecule has 2 unspecified atom stereocenters. The maximum atomic E-state index is 8.44. The van der Waals surface area contributed by atoms with Gasteiger partial charge in [0, 0.05) is 91.3 Å². The fraction of sp³-hybridized carbons (Fsp3) is 0.209. The van der Waals surface area contributed by atoms with E-state index in [1.54, 1.807) is 49.4 Å². The number of benzene rings is 8. The van der Waals surface area contributed by atoms with Crippen LogP contribution in [-0.4, -0.2) is 0 Å². The molecular formula is C86H92N4+4. The first kappa shape index (κ1) is 47.4. The van der Waals surface area contributed by atoms with Crippen LogP contribution in [0.25, 0.3) is 89.5 Å². The summed E-state index contributed by atoms with van der Waals surface area (Å²) in [5.41, 5.74) is 23.2. The minimum Gasteiger partial charge on any atom is -0.201 e. The molecule has 4 nitrogen and oxygen atoms in total. The number of aryl methyl sites for hydroxylation is 10. The van der Waals surface area contributed by atoms with Crippen molar-refractivity contribution in [3.05, 3.63) is 312 Å². The molecule has 4 heteroatoms. The molecule has 0 N–H and O–H groups in total. The molecule has 0 aliphatic heterocycles. The van der Waals surface area contributed by atoms with E-state index in [2.05, 4.69) is 133 Å². The highest BCUT2D eigenvalue weighted by Gasteiger charge is 2.18. The van der Waals surface area contributed by atoms with Gasteiger partial charge in [-0.2, -0.15) is 0 Å². The molecular weight excluding hydrogens is 1090 g/mol. The number of nitrogens with zero attached hydrogens (tertiary/aromatic N) is 4. The SMILES string of the molecule is [2H]C([2H])(C)c1cccc(-c2cc[n+](C)c(-c3ccccc3C)c2)c1.[2H]C([2H])([2H])C([2H])(C)C([2H])([2H])c1cccc(-c2cc[n+](C)c(-c3ccccc3C)c2)c1.[2H]C([2H])([2H])C([2H])(C)c1cccc(-c2cc[n+](C)c(-c3ccccc3C)c2)c1.[2H]C([2H])([2H])c1cccc(-c2cc[n+](C)c(-c3ccccc3C)c2)c1. The molecule has 0 radical (unpaired) electrons. The highest BCUT2D eigenvalue weighted by Crippen LogP contribution is 2.32. The minimum absolute atomic E-state index is 0.180. The topological polar surface area (TPSA) is 15.5 Å². The summed E-state index contributed by atoms with van der Waals surface area (Å²) in [6, 6.07) is 78.4. The van der Waals surface area contributed by atoms with E-state index in [0.717, 1.165) is 90.9 Å². The third kappa shape index (κ3) is 16.5. The van der Waals surface area contributed by atoms with Crippen LogP contribution in [0.5, 0.6) is 0 Å². The summed E-state index contributed by atoms with van der Waals surface area (Å²) in [6.45, 7) is 5.29. The van der Waals surface area contributed by atoms with Gasteiger partial charge in [0.15, 0.2) is 24.8 Å². The largest absolute Gasteiger partial charge is 0.213 e. The van der Waals surface area contributed by atoms with Gasteiger partial charge in [-0.15, -0.1) is 0 Å². The molecule has 4 heterocycles. The van der Waals surface area contributed by atoms with Gasteiger partial charge in [-0.05, 0) is 167 Å². The lowest BCUT2D eigenvalue weighted by Gasteiger charge is -2.10. The molecule has 0 spiro atoms. The number of aromatic nitrogens is 4. The summed E-state index contributed by atoms with van der Waals surface area (Å²) < 4.78 is 126. The van der Waals surface area contributed by atoms with Gasteiger partial charge >= 0.3 is 0 Å². The van der Waals surface area contributed by atoms with Gasteiger partial charge in [0.05, 0.1) is 0 Å². The Bertz CT molecular complexity index is 4920. The van der Waals surface area contributed by atoms with Crippen LogP contribution in [0.15, 0.2) is 267 Å². The van der Waals surface area contributed by atoms with E-state index < -0.39 is 45.1 Å². The van der Waals surface area contributed by atoms with Crippen LogP contribution in [-0.2, 0) is 40.9 Å². The molecule has 0 saturated heterocycles. The van der Waals surface area contributed by atoms with Gasteiger partial charge in [0.25, 0.3) is 0 Å². The van der Waals surface area contributed by atoms with Crippen LogP contribution in [0, 0.1) is 40.4 Å². The van der Waals surface area contributed by atoms with Crippen molar-refractivity contribution in [3.63, 3.8) is 0 Å². The smallest absolute Gasteiger partial charge is 0.201 e. The summed E-state index contributed by atoms with van der Waals surface area (Å²) in [5, 5.41) is 0. The lowest BCUT2D eigenvalue weighted by Crippen LogP contribution is -2.30. The molecule has 0 amide bonds. The second-order valence-electron chi connectivity index (χ2n) is 22.9. The quantitative estimate of drug-likeness (QED) is 0.108. The van der Waals surface area contributed by atoms with Gasteiger partial charge < -0.3 is 0 Å². The highest BCUT2D eigenvalue weighted by atomic mass is 14.9. The number of rotatable bonds is 12. The van der Waals surface area contributed by atoms with E-state index in [0.29, 0.717) is 16.7 Å². The van der Waals surface area contributed by atoms with Crippen molar-refractivity contribution in [1.82, 2.24) is 0 Å². The Labute approximate surface area is 559 Å². The monoisotopic (exact) mass is 1200 g/mol. The molecule has 0 aliphatic carbocycles. The third-order valence-electron chi connectivity index (χ3n) is 16.1. The molecule has 0 saturated carbocycles. The maximum Gasteiger partial charge on any atom is 0.213 e. The molecule has 12 aromatic rings. The first-order chi connectivity index (χ1) is 49.2. The predicted octanol–water partition coefficient (Wildman–Crippen LogP) is 19.8. The van der Waals surface area contributed by atoms with Crippen LogP contribution < -0.4 is 18.3 Å². The standard InChI is InChI=1S/C23H26N.C22H24N.C21H22N.C20H20N/c1-17(2)14-19-9-7-10-20(15-19)21-12-13-24(4)23(16-21)22-11-6-5-8-18(22)3;1-16(2)18-9-7-10-19(14-18)20-12-13-23(4)22(15-20)21-11-6-5-8-17(21)3;1-4-17-9-7-10-18(14-17)19-12-13-22(3)21(15-19)20-11-6-5-8-16(20)2;1-15-7-6-9-17(13-15)18-11-12-21(3)20(14-18)19-10-5-4-8-16(19)2/h5-13,15-17H,14H2,1-4H3;5-16H,1-4H3;5-15H,4H2,1-3H3;4-14H,1-3H3/q4*+1/i1D3,14D2,17D;1D3,16D;4D2;1D3. The van der Waals surface area contributed by atoms with Crippen molar-refractivity contribution in [3.8, 4) is 89.5 Å². The van der Waals surface area contributed by atoms with Crippen molar-refractivity contribution in [2.45, 2.75) is 87.7 Å². The lowest BCUT2D eigenvalue weighted by atomic mass is 9.96. The first-order valence-corrected chi connectivity index (χ1v) is 30.4. The Morgan fingerprint density at radius 2 is 0.689 bits per heavy atom. The third-order valence-corrected chi connectivity index (χ3v) is 16.1. The molecule has 8 aromatic carbocycles. The van der Waals surface area contributed by atoms with E-state index >= 15 is 0 Å². The van der Waals surface area contributed by atoms with Crippen molar-refractivity contribution in [2.75, 3.05) is 0 Å². The van der Waals surface area contributed by atoms with Crippen LogP contribution >= 0.6 is 0 Å². The van der Waals surface area contributed by atoms with Crippen LogP contribution in [0.2, 0.25) is 0 Å². The van der Waals surface area contributed by atoms with Gasteiger partial charge in [-0.3, -0.25) is 0 Å². The summed E-state index contributed by atoms with van der Waals surface area (Å²) in [5.74, 6) is -3.94. The van der Waals surface area contributed by atoms with E-state index in [1.165, 1.54) is 34.7 Å². The van der Waals surface area contributed by atoms with Gasteiger partial charge in [-0.25, -0.2) is 18.3 Å². The van der Waals surface area contributed by atoms with Crippen molar-refractivity contribution in [2.24, 2.45) is 34.1 Å². The van der Waals surface area contributed by atoms with Crippen molar-refractivity contribution in [1.29, 1.82) is 0 Å².